The van der Waals surface area contributed by atoms with Crippen molar-refractivity contribution in [2.24, 2.45) is 0 Å². The molecule has 0 atom stereocenters. The summed E-state index contributed by atoms with van der Waals surface area (Å²) in [5.41, 5.74) is 3.53. The quantitative estimate of drug-likeness (QED) is 0.732. The van der Waals surface area contributed by atoms with E-state index in [9.17, 15) is 0 Å². The summed E-state index contributed by atoms with van der Waals surface area (Å²) in [5.74, 6) is 0. The molecule has 0 aliphatic heterocycles. The van der Waals surface area contributed by atoms with E-state index in [1.807, 2.05) is 24.4 Å². The Labute approximate surface area is 97.3 Å². The summed E-state index contributed by atoms with van der Waals surface area (Å²) >= 11 is 2.35. The van der Waals surface area contributed by atoms with Crippen LogP contribution in [0.1, 0.15) is 5.56 Å². The van der Waals surface area contributed by atoms with Crippen LogP contribution in [0.15, 0.2) is 42.6 Å². The third kappa shape index (κ3) is 1.95. The molecular formula is C12H10IN. The monoisotopic (exact) mass is 295 g/mol. The fraction of sp³-hybridized carbons (Fsp3) is 0.0833. The molecule has 0 unspecified atom stereocenters. The number of aryl methyl sites for hydroxylation is 1. The van der Waals surface area contributed by atoms with E-state index in [1.54, 1.807) is 0 Å². The van der Waals surface area contributed by atoms with Crippen LogP contribution in [-0.4, -0.2) is 4.98 Å². The average molecular weight is 295 g/mol. The second kappa shape index (κ2) is 4.09. The fourth-order valence-electron chi connectivity index (χ4n) is 1.35. The van der Waals surface area contributed by atoms with E-state index in [2.05, 4.69) is 52.7 Å². The summed E-state index contributed by atoms with van der Waals surface area (Å²) in [4.78, 5) is 4.33. The van der Waals surface area contributed by atoms with Gasteiger partial charge in [0.1, 0.15) is 0 Å². The lowest BCUT2D eigenvalue weighted by Crippen LogP contribution is -1.86. The molecule has 0 saturated carbocycles. The van der Waals surface area contributed by atoms with E-state index in [1.165, 1.54) is 14.7 Å². The third-order valence-electron chi connectivity index (χ3n) is 2.07. The van der Waals surface area contributed by atoms with Gasteiger partial charge in [0.25, 0.3) is 0 Å². The Kier molecular flexibility index (Phi) is 2.82. The Morgan fingerprint density at radius 1 is 1.14 bits per heavy atom. The number of hydrogen-bond acceptors (Lipinski definition) is 1. The molecule has 14 heavy (non-hydrogen) atoms. The Bertz CT molecular complexity index is 437. The van der Waals surface area contributed by atoms with Crippen LogP contribution in [0.25, 0.3) is 11.3 Å². The van der Waals surface area contributed by atoms with Crippen molar-refractivity contribution in [1.29, 1.82) is 0 Å². The van der Waals surface area contributed by atoms with Crippen molar-refractivity contribution >= 4 is 22.6 Å². The zero-order valence-corrected chi connectivity index (χ0v) is 10.0. The van der Waals surface area contributed by atoms with Gasteiger partial charge in [-0.05, 0) is 47.7 Å². The normalized spacial score (nSPS) is 10.1. The predicted octanol–water partition coefficient (Wildman–Crippen LogP) is 3.66. The molecule has 1 aromatic carbocycles. The summed E-state index contributed by atoms with van der Waals surface area (Å²) in [6.45, 7) is 2.10. The number of hydrogen-bond donors (Lipinski definition) is 0. The molecule has 1 aromatic heterocycles. The summed E-state index contributed by atoms with van der Waals surface area (Å²) in [5, 5.41) is 0. The molecule has 70 valence electrons. The summed E-state index contributed by atoms with van der Waals surface area (Å²) in [6.07, 6.45) is 1.82. The smallest absolute Gasteiger partial charge is 0.0712 e. The minimum absolute atomic E-state index is 1.04. The molecule has 0 spiro atoms. The fourth-order valence-corrected chi connectivity index (χ4v) is 2.30. The maximum absolute atomic E-state index is 4.33. The van der Waals surface area contributed by atoms with Crippen molar-refractivity contribution in [3.8, 4) is 11.3 Å². The van der Waals surface area contributed by atoms with Crippen LogP contribution in [0.4, 0.5) is 0 Å². The van der Waals surface area contributed by atoms with Gasteiger partial charge in [0.05, 0.1) is 5.69 Å². The molecule has 2 rings (SSSR count). The lowest BCUT2D eigenvalue weighted by molar-refractivity contribution is 1.31. The Balaban J connectivity index is 2.53. The number of nitrogens with zero attached hydrogens (tertiary/aromatic N) is 1. The van der Waals surface area contributed by atoms with Crippen LogP contribution >= 0.6 is 22.6 Å². The molecule has 0 N–H and O–H groups in total. The van der Waals surface area contributed by atoms with Gasteiger partial charge in [-0.3, -0.25) is 4.98 Å². The largest absolute Gasteiger partial charge is 0.256 e. The van der Waals surface area contributed by atoms with Crippen molar-refractivity contribution in [3.05, 3.63) is 51.7 Å². The average Bonchev–Trinajstić information content (AvgIpc) is 2.19. The van der Waals surface area contributed by atoms with E-state index in [4.69, 9.17) is 0 Å². The van der Waals surface area contributed by atoms with Crippen molar-refractivity contribution in [2.45, 2.75) is 6.92 Å². The number of halogens is 1. The van der Waals surface area contributed by atoms with Crippen LogP contribution in [0.3, 0.4) is 0 Å². The van der Waals surface area contributed by atoms with Crippen LogP contribution in [-0.2, 0) is 0 Å². The van der Waals surface area contributed by atoms with E-state index in [-0.39, 0.29) is 0 Å². The lowest BCUT2D eigenvalue weighted by atomic mass is 10.1. The van der Waals surface area contributed by atoms with Gasteiger partial charge < -0.3 is 0 Å². The van der Waals surface area contributed by atoms with Crippen LogP contribution in [0.2, 0.25) is 0 Å². The van der Waals surface area contributed by atoms with E-state index < -0.39 is 0 Å². The summed E-state index contributed by atoms with van der Waals surface area (Å²) in [7, 11) is 0. The highest BCUT2D eigenvalue weighted by atomic mass is 127. The molecule has 0 radical (unpaired) electrons. The Morgan fingerprint density at radius 3 is 2.64 bits per heavy atom. The van der Waals surface area contributed by atoms with Gasteiger partial charge in [0, 0.05) is 15.3 Å². The molecule has 0 aliphatic carbocycles. The Morgan fingerprint density at radius 2 is 2.00 bits per heavy atom. The predicted molar refractivity (Wildman–Crippen MR) is 67.1 cm³/mol. The van der Waals surface area contributed by atoms with Gasteiger partial charge in [0.15, 0.2) is 0 Å². The van der Waals surface area contributed by atoms with Crippen LogP contribution in [0.5, 0.6) is 0 Å². The first-order chi connectivity index (χ1) is 6.77. The number of aromatic nitrogens is 1. The zero-order chi connectivity index (χ0) is 9.97. The molecule has 2 aromatic rings. The lowest BCUT2D eigenvalue weighted by Gasteiger charge is -2.04. The van der Waals surface area contributed by atoms with Crippen LogP contribution < -0.4 is 0 Å². The first-order valence-electron chi connectivity index (χ1n) is 4.45. The van der Waals surface area contributed by atoms with Gasteiger partial charge in [0.2, 0.25) is 0 Å². The van der Waals surface area contributed by atoms with Gasteiger partial charge in [-0.1, -0.05) is 23.8 Å². The van der Waals surface area contributed by atoms with Gasteiger partial charge >= 0.3 is 0 Å². The highest BCUT2D eigenvalue weighted by Gasteiger charge is 2.02. The molecule has 1 heterocycles. The molecule has 0 bridgehead atoms. The van der Waals surface area contributed by atoms with Crippen molar-refractivity contribution in [2.75, 3.05) is 0 Å². The number of benzene rings is 1. The Hall–Kier alpha value is -0.900. The molecule has 0 aliphatic rings. The van der Waals surface area contributed by atoms with Gasteiger partial charge in [-0.2, -0.15) is 0 Å². The van der Waals surface area contributed by atoms with Gasteiger partial charge in [-0.15, -0.1) is 0 Å². The van der Waals surface area contributed by atoms with Crippen molar-refractivity contribution in [3.63, 3.8) is 0 Å². The second-order valence-corrected chi connectivity index (χ2v) is 4.36. The minimum atomic E-state index is 1.04. The second-order valence-electron chi connectivity index (χ2n) is 3.20. The van der Waals surface area contributed by atoms with Crippen molar-refractivity contribution in [1.82, 2.24) is 4.98 Å². The SMILES string of the molecule is Cc1ccc(-c2ccccn2)c(I)c1. The summed E-state index contributed by atoms with van der Waals surface area (Å²) < 4.78 is 1.25. The topological polar surface area (TPSA) is 12.9 Å². The first kappa shape index (κ1) is 9.65. The van der Waals surface area contributed by atoms with Crippen LogP contribution in [0, 0.1) is 10.5 Å². The molecule has 0 saturated heterocycles. The number of rotatable bonds is 1. The standard InChI is InChI=1S/C12H10IN/c1-9-5-6-10(11(13)8-9)12-4-2-3-7-14-12/h2-8H,1H3. The highest BCUT2D eigenvalue weighted by Crippen LogP contribution is 2.23. The molecule has 0 fully saturated rings. The van der Waals surface area contributed by atoms with Gasteiger partial charge in [-0.25, -0.2) is 0 Å². The first-order valence-corrected chi connectivity index (χ1v) is 5.53. The summed E-state index contributed by atoms with van der Waals surface area (Å²) in [6, 6.07) is 12.4. The molecule has 0 amide bonds. The minimum Gasteiger partial charge on any atom is -0.256 e. The molecule has 2 heteroatoms. The van der Waals surface area contributed by atoms with E-state index in [0.29, 0.717) is 0 Å². The van der Waals surface area contributed by atoms with E-state index in [0.717, 1.165) is 5.69 Å². The zero-order valence-electron chi connectivity index (χ0n) is 7.87. The van der Waals surface area contributed by atoms with E-state index >= 15 is 0 Å². The maximum atomic E-state index is 4.33. The molecule has 1 nitrogen and oxygen atoms in total. The third-order valence-corrected chi connectivity index (χ3v) is 2.96. The molecular weight excluding hydrogens is 285 g/mol. The number of pyridine rings is 1. The maximum Gasteiger partial charge on any atom is 0.0712 e. The van der Waals surface area contributed by atoms with Crippen molar-refractivity contribution < 1.29 is 0 Å². The highest BCUT2D eigenvalue weighted by molar-refractivity contribution is 14.1.